The van der Waals surface area contributed by atoms with Crippen LogP contribution in [0.4, 0.5) is 0 Å². The normalized spacial score (nSPS) is 17.7. The molecular weight excluding hydrogens is 560 g/mol. The summed E-state index contributed by atoms with van der Waals surface area (Å²) >= 11 is 12.2. The standard InChI is InChI=1S/C31H29Cl2NO5.Na/c32-21-8-5-18(26(33)15-21)11-13-34-30(35)20-6-9-22(10-7-20)39-29-24(17-1-2-17)16-25-23(31(36)37)12-14-38-28(25)27(29)19-3-4-19;/h5-10,15-17,19,23H,1-4,11-14H2,(H,34,35)(H,36,37);/q;+1/p-1. The average Bonchev–Trinajstić information content (AvgIpc) is 3.84. The third kappa shape index (κ3) is 6.32. The number of fused-ring (bicyclic) bond motifs is 1. The van der Waals surface area contributed by atoms with Gasteiger partial charge in [-0.15, -0.1) is 0 Å². The van der Waals surface area contributed by atoms with Crippen LogP contribution in [0.15, 0.2) is 48.5 Å². The predicted molar refractivity (Wildman–Crippen MR) is 147 cm³/mol. The molecule has 1 aliphatic heterocycles. The second kappa shape index (κ2) is 12.3. The first-order valence-electron chi connectivity index (χ1n) is 13.4. The van der Waals surface area contributed by atoms with Gasteiger partial charge in [-0.2, -0.15) is 0 Å². The molecule has 2 aliphatic carbocycles. The molecule has 2 fully saturated rings. The van der Waals surface area contributed by atoms with Gasteiger partial charge < -0.3 is 24.7 Å². The van der Waals surface area contributed by atoms with Crippen molar-refractivity contribution in [2.45, 2.75) is 56.3 Å². The Kier molecular flexibility index (Phi) is 9.03. The van der Waals surface area contributed by atoms with Crippen LogP contribution in [0.5, 0.6) is 17.2 Å². The maximum Gasteiger partial charge on any atom is 1.00 e. The molecule has 6 nitrogen and oxygen atoms in total. The SMILES string of the molecule is O=C(NCCc1ccc(Cl)cc1Cl)c1ccc(Oc2c(C3CC3)cc3c(c2C2CC2)OCCC3C(=O)[O-])cc1.[Na+]. The number of carboxylic acid groups (broad SMARTS) is 1. The van der Waals surface area contributed by atoms with Gasteiger partial charge in [-0.1, -0.05) is 29.3 Å². The predicted octanol–water partition coefficient (Wildman–Crippen LogP) is 3.13. The molecule has 3 aromatic carbocycles. The van der Waals surface area contributed by atoms with E-state index in [2.05, 4.69) is 5.32 Å². The number of rotatable bonds is 9. The first kappa shape index (κ1) is 29.3. The fourth-order valence-corrected chi connectivity index (χ4v) is 5.80. The van der Waals surface area contributed by atoms with Crippen LogP contribution in [-0.2, 0) is 11.2 Å². The zero-order chi connectivity index (χ0) is 27.1. The Morgan fingerprint density at radius 2 is 1.68 bits per heavy atom. The van der Waals surface area contributed by atoms with Gasteiger partial charge in [0.25, 0.3) is 5.91 Å². The zero-order valence-corrected chi connectivity index (χ0v) is 25.8. The van der Waals surface area contributed by atoms with E-state index >= 15 is 0 Å². The van der Waals surface area contributed by atoms with E-state index in [-0.39, 0.29) is 35.5 Å². The van der Waals surface area contributed by atoms with E-state index in [0.717, 1.165) is 53.7 Å². The second-order valence-corrected chi connectivity index (χ2v) is 11.4. The van der Waals surface area contributed by atoms with E-state index in [0.29, 0.717) is 64.9 Å². The number of hydrogen-bond donors (Lipinski definition) is 1. The van der Waals surface area contributed by atoms with E-state index in [4.69, 9.17) is 32.7 Å². The van der Waals surface area contributed by atoms with Crippen molar-refractivity contribution in [3.63, 3.8) is 0 Å². The molecule has 3 aromatic rings. The first-order chi connectivity index (χ1) is 18.9. The van der Waals surface area contributed by atoms with Crippen molar-refractivity contribution in [1.82, 2.24) is 5.32 Å². The van der Waals surface area contributed by atoms with E-state index in [9.17, 15) is 14.7 Å². The van der Waals surface area contributed by atoms with Gasteiger partial charge in [-0.25, -0.2) is 0 Å². The number of benzene rings is 3. The van der Waals surface area contributed by atoms with Gasteiger partial charge in [0.05, 0.1) is 6.61 Å². The van der Waals surface area contributed by atoms with Crippen LogP contribution < -0.4 is 49.5 Å². The van der Waals surface area contributed by atoms with Crippen molar-refractivity contribution in [1.29, 1.82) is 0 Å². The van der Waals surface area contributed by atoms with Crippen molar-refractivity contribution in [2.75, 3.05) is 13.2 Å². The smallest absolute Gasteiger partial charge is 0.549 e. The summed E-state index contributed by atoms with van der Waals surface area (Å²) in [5.74, 6) is 0.825. The molecule has 0 radical (unpaired) electrons. The number of carboxylic acids is 1. The van der Waals surface area contributed by atoms with Crippen LogP contribution in [-0.4, -0.2) is 25.0 Å². The quantitative estimate of drug-likeness (QED) is 0.389. The van der Waals surface area contributed by atoms with Gasteiger partial charge in [0.2, 0.25) is 0 Å². The van der Waals surface area contributed by atoms with Crippen molar-refractivity contribution in [3.05, 3.63) is 86.4 Å². The molecule has 202 valence electrons. The number of halogens is 2. The molecule has 1 heterocycles. The molecule has 1 N–H and O–H groups in total. The number of hydrogen-bond acceptors (Lipinski definition) is 5. The summed E-state index contributed by atoms with van der Waals surface area (Å²) in [5, 5.41) is 16.0. The third-order valence-electron chi connectivity index (χ3n) is 7.67. The Labute approximate surface area is 265 Å². The molecular formula is C31H28Cl2NNaO5. The summed E-state index contributed by atoms with van der Waals surface area (Å²) in [6.07, 6.45) is 5.16. The molecule has 1 atom stereocenters. The summed E-state index contributed by atoms with van der Waals surface area (Å²) in [6, 6.07) is 14.4. The van der Waals surface area contributed by atoms with Gasteiger partial charge >= 0.3 is 29.6 Å². The number of carbonyl (C=O) groups excluding carboxylic acids is 2. The fourth-order valence-electron chi connectivity index (χ4n) is 5.30. The monoisotopic (exact) mass is 587 g/mol. The number of ether oxygens (including phenoxy) is 2. The van der Waals surface area contributed by atoms with Crippen LogP contribution in [0.1, 0.15) is 82.5 Å². The first-order valence-corrected chi connectivity index (χ1v) is 14.2. The Bertz CT molecular complexity index is 1440. The zero-order valence-electron chi connectivity index (χ0n) is 22.3. The molecule has 0 saturated heterocycles. The van der Waals surface area contributed by atoms with Gasteiger partial charge in [0.15, 0.2) is 0 Å². The summed E-state index contributed by atoms with van der Waals surface area (Å²) in [6.45, 7) is 0.789. The molecule has 0 bridgehead atoms. The number of carbonyl (C=O) groups is 2. The second-order valence-electron chi connectivity index (χ2n) is 10.6. The van der Waals surface area contributed by atoms with Crippen molar-refractivity contribution in [3.8, 4) is 17.2 Å². The molecule has 9 heteroatoms. The summed E-state index contributed by atoms with van der Waals surface area (Å²) < 4.78 is 12.6. The Morgan fingerprint density at radius 3 is 2.33 bits per heavy atom. The van der Waals surface area contributed by atoms with Crippen LogP contribution in [0.3, 0.4) is 0 Å². The van der Waals surface area contributed by atoms with E-state index in [1.807, 2.05) is 12.1 Å². The van der Waals surface area contributed by atoms with Gasteiger partial charge in [-0.05, 0) is 104 Å². The molecule has 3 aliphatic rings. The van der Waals surface area contributed by atoms with Crippen molar-refractivity contribution >= 4 is 35.1 Å². The molecule has 1 amide bonds. The summed E-state index contributed by atoms with van der Waals surface area (Å²) in [7, 11) is 0. The van der Waals surface area contributed by atoms with Crippen LogP contribution in [0.25, 0.3) is 0 Å². The summed E-state index contributed by atoms with van der Waals surface area (Å²) in [5.41, 5.74) is 4.21. The molecule has 0 aromatic heterocycles. The van der Waals surface area contributed by atoms with Crippen LogP contribution >= 0.6 is 23.2 Å². The fraction of sp³-hybridized carbons (Fsp3) is 0.355. The minimum Gasteiger partial charge on any atom is -0.549 e. The Morgan fingerprint density at radius 1 is 0.950 bits per heavy atom. The van der Waals surface area contributed by atoms with Gasteiger partial charge in [0.1, 0.15) is 17.2 Å². The average molecular weight is 588 g/mol. The molecule has 6 rings (SSSR count). The number of nitrogens with one attached hydrogen (secondary N) is 1. The van der Waals surface area contributed by atoms with Crippen LogP contribution in [0.2, 0.25) is 10.0 Å². The molecule has 0 spiro atoms. The van der Waals surface area contributed by atoms with Crippen molar-refractivity contribution < 1.29 is 53.7 Å². The maximum absolute atomic E-state index is 12.7. The molecule has 2 saturated carbocycles. The largest absolute Gasteiger partial charge is 1.00 e. The van der Waals surface area contributed by atoms with E-state index < -0.39 is 11.9 Å². The van der Waals surface area contributed by atoms with Gasteiger partial charge in [-0.3, -0.25) is 4.79 Å². The van der Waals surface area contributed by atoms with E-state index in [1.165, 1.54) is 0 Å². The molecule has 40 heavy (non-hydrogen) atoms. The van der Waals surface area contributed by atoms with Crippen LogP contribution in [0, 0.1) is 0 Å². The Balaban J connectivity index is 0.00000323. The topological polar surface area (TPSA) is 87.7 Å². The minimum atomic E-state index is -1.05. The number of amides is 1. The van der Waals surface area contributed by atoms with Crippen molar-refractivity contribution in [2.24, 2.45) is 0 Å². The Hall–Kier alpha value is -2.22. The third-order valence-corrected chi connectivity index (χ3v) is 8.26. The van der Waals surface area contributed by atoms with E-state index in [1.54, 1.807) is 36.4 Å². The van der Waals surface area contributed by atoms with Gasteiger partial charge in [0, 0.05) is 45.2 Å². The maximum atomic E-state index is 12.7. The number of aliphatic carboxylic acids is 1. The summed E-state index contributed by atoms with van der Waals surface area (Å²) in [4.78, 5) is 24.6. The minimum absolute atomic E-state index is 0. The molecule has 1 unspecified atom stereocenters.